The Morgan fingerprint density at radius 3 is 2.74 bits per heavy atom. The Bertz CT molecular complexity index is 606. The number of nitrogens with zero attached hydrogens (tertiary/aromatic N) is 2. The van der Waals surface area contributed by atoms with Gasteiger partial charge in [-0.15, -0.1) is 0 Å². The van der Waals surface area contributed by atoms with Crippen LogP contribution >= 0.6 is 0 Å². The lowest BCUT2D eigenvalue weighted by Gasteiger charge is -2.37. The van der Waals surface area contributed by atoms with Crippen LogP contribution in [0.25, 0.3) is 0 Å². The standard InChI is InChI=1S/C16H21F2N3O2/c1-19-14(22)5-11-8-20-4-2-3-13(20)10-21(9-11)15(23)12-6-16(17,18)7-12/h2-4,11-12H,5-10H2,1H3,(H,19,22)/t11-/m1/s1. The topological polar surface area (TPSA) is 54.3 Å². The summed E-state index contributed by atoms with van der Waals surface area (Å²) in [7, 11) is 1.58. The van der Waals surface area contributed by atoms with Crippen molar-refractivity contribution in [2.24, 2.45) is 11.8 Å². The molecular formula is C16H21F2N3O2. The molecule has 3 rings (SSSR count). The van der Waals surface area contributed by atoms with Crippen LogP contribution in [0.5, 0.6) is 0 Å². The van der Waals surface area contributed by atoms with Crippen molar-refractivity contribution in [3.05, 3.63) is 24.0 Å². The number of carbonyl (C=O) groups is 2. The van der Waals surface area contributed by atoms with E-state index >= 15 is 0 Å². The maximum absolute atomic E-state index is 13.1. The first-order valence-corrected chi connectivity index (χ1v) is 7.89. The first-order valence-electron chi connectivity index (χ1n) is 7.89. The van der Waals surface area contributed by atoms with Gasteiger partial charge in [0, 0.05) is 63.1 Å². The number of carbonyl (C=O) groups excluding carboxylic acids is 2. The molecule has 23 heavy (non-hydrogen) atoms. The number of rotatable bonds is 3. The van der Waals surface area contributed by atoms with Crippen molar-refractivity contribution in [1.29, 1.82) is 0 Å². The molecule has 7 heteroatoms. The van der Waals surface area contributed by atoms with Crippen LogP contribution in [-0.2, 0) is 22.7 Å². The molecule has 0 radical (unpaired) electrons. The van der Waals surface area contributed by atoms with Gasteiger partial charge in [-0.25, -0.2) is 8.78 Å². The Morgan fingerprint density at radius 2 is 2.09 bits per heavy atom. The van der Waals surface area contributed by atoms with E-state index in [-0.39, 0.29) is 30.6 Å². The largest absolute Gasteiger partial charge is 0.359 e. The number of hydrogen-bond donors (Lipinski definition) is 1. The predicted octanol–water partition coefficient (Wildman–Crippen LogP) is 1.63. The van der Waals surface area contributed by atoms with E-state index in [2.05, 4.69) is 5.32 Å². The molecular weight excluding hydrogens is 304 g/mol. The van der Waals surface area contributed by atoms with Crippen LogP contribution in [0, 0.1) is 11.8 Å². The molecule has 0 unspecified atom stereocenters. The Morgan fingerprint density at radius 1 is 1.35 bits per heavy atom. The minimum absolute atomic E-state index is 0.0202. The van der Waals surface area contributed by atoms with Gasteiger partial charge in [-0.05, 0) is 12.1 Å². The average Bonchev–Trinajstić information content (AvgIpc) is 2.82. The van der Waals surface area contributed by atoms with Crippen molar-refractivity contribution in [3.63, 3.8) is 0 Å². The SMILES string of the molecule is CNC(=O)C[C@H]1CN(C(=O)C2CC(F)(F)C2)Cc2cccn2C1. The number of aromatic nitrogens is 1. The third kappa shape index (κ3) is 3.38. The second kappa shape index (κ2) is 5.94. The monoisotopic (exact) mass is 325 g/mol. The van der Waals surface area contributed by atoms with Gasteiger partial charge < -0.3 is 14.8 Å². The van der Waals surface area contributed by atoms with Crippen LogP contribution in [0.4, 0.5) is 8.78 Å². The number of halogens is 2. The number of nitrogens with one attached hydrogen (secondary N) is 1. The zero-order chi connectivity index (χ0) is 16.6. The van der Waals surface area contributed by atoms with Crippen molar-refractivity contribution in [3.8, 4) is 0 Å². The Hall–Kier alpha value is -1.92. The van der Waals surface area contributed by atoms with Gasteiger partial charge >= 0.3 is 0 Å². The lowest BCUT2D eigenvalue weighted by Crippen LogP contribution is -2.47. The van der Waals surface area contributed by atoms with Crippen molar-refractivity contribution in [2.75, 3.05) is 13.6 Å². The molecule has 1 aromatic heterocycles. The van der Waals surface area contributed by atoms with Crippen LogP contribution < -0.4 is 5.32 Å². The van der Waals surface area contributed by atoms with Crippen molar-refractivity contribution in [1.82, 2.24) is 14.8 Å². The molecule has 5 nitrogen and oxygen atoms in total. The van der Waals surface area contributed by atoms with Crippen LogP contribution in [-0.4, -0.2) is 40.8 Å². The highest BCUT2D eigenvalue weighted by molar-refractivity contribution is 5.80. The molecule has 1 aliphatic carbocycles. The fourth-order valence-corrected chi connectivity index (χ4v) is 3.43. The van der Waals surface area contributed by atoms with E-state index in [4.69, 9.17) is 0 Å². The van der Waals surface area contributed by atoms with Crippen LogP contribution in [0.3, 0.4) is 0 Å². The fourth-order valence-electron chi connectivity index (χ4n) is 3.43. The van der Waals surface area contributed by atoms with Gasteiger partial charge in [0.2, 0.25) is 17.7 Å². The smallest absolute Gasteiger partial charge is 0.249 e. The molecule has 2 amide bonds. The summed E-state index contributed by atoms with van der Waals surface area (Å²) in [5.74, 6) is -3.60. The van der Waals surface area contributed by atoms with E-state index in [0.29, 0.717) is 26.1 Å². The van der Waals surface area contributed by atoms with Gasteiger partial charge in [0.05, 0.1) is 6.54 Å². The second-order valence-corrected chi connectivity index (χ2v) is 6.58. The molecule has 0 aromatic carbocycles. The summed E-state index contributed by atoms with van der Waals surface area (Å²) in [5.41, 5.74) is 0.976. The summed E-state index contributed by atoms with van der Waals surface area (Å²) in [6.45, 7) is 1.49. The Balaban J connectivity index is 1.74. The first kappa shape index (κ1) is 16.0. The van der Waals surface area contributed by atoms with E-state index in [1.807, 2.05) is 22.9 Å². The molecule has 1 aliphatic heterocycles. The number of hydrogen-bond acceptors (Lipinski definition) is 2. The lowest BCUT2D eigenvalue weighted by atomic mass is 9.80. The summed E-state index contributed by atoms with van der Waals surface area (Å²) in [5, 5.41) is 2.60. The van der Waals surface area contributed by atoms with Crippen molar-refractivity contribution in [2.45, 2.75) is 38.3 Å². The number of amides is 2. The fraction of sp³-hybridized carbons (Fsp3) is 0.625. The van der Waals surface area contributed by atoms with Gasteiger partial charge in [0.15, 0.2) is 0 Å². The van der Waals surface area contributed by atoms with Crippen LogP contribution in [0.1, 0.15) is 25.0 Å². The Kier molecular flexibility index (Phi) is 4.12. The molecule has 1 atom stereocenters. The molecule has 0 spiro atoms. The second-order valence-electron chi connectivity index (χ2n) is 6.58. The Labute approximate surface area is 133 Å². The minimum Gasteiger partial charge on any atom is -0.359 e. The highest BCUT2D eigenvalue weighted by Crippen LogP contribution is 2.43. The molecule has 0 bridgehead atoms. The highest BCUT2D eigenvalue weighted by Gasteiger charge is 2.50. The van der Waals surface area contributed by atoms with E-state index in [1.54, 1.807) is 11.9 Å². The maximum atomic E-state index is 13.1. The minimum atomic E-state index is -2.70. The number of fused-ring (bicyclic) bond motifs is 1. The molecule has 1 N–H and O–H groups in total. The molecule has 126 valence electrons. The lowest BCUT2D eigenvalue weighted by molar-refractivity contribution is -0.161. The van der Waals surface area contributed by atoms with E-state index in [1.165, 1.54) is 0 Å². The molecule has 0 saturated heterocycles. The normalized spacial score (nSPS) is 23.6. The van der Waals surface area contributed by atoms with Crippen LogP contribution in [0.2, 0.25) is 0 Å². The van der Waals surface area contributed by atoms with Crippen molar-refractivity contribution < 1.29 is 18.4 Å². The summed E-state index contributed by atoms with van der Waals surface area (Å²) >= 11 is 0. The van der Waals surface area contributed by atoms with Gasteiger partial charge in [0.1, 0.15) is 0 Å². The third-order valence-corrected chi connectivity index (χ3v) is 4.71. The predicted molar refractivity (Wildman–Crippen MR) is 79.7 cm³/mol. The summed E-state index contributed by atoms with van der Waals surface area (Å²) in [6.07, 6.45) is 1.53. The van der Waals surface area contributed by atoms with Gasteiger partial charge in [-0.3, -0.25) is 9.59 Å². The molecule has 1 saturated carbocycles. The zero-order valence-corrected chi connectivity index (χ0v) is 13.1. The van der Waals surface area contributed by atoms with Crippen LogP contribution in [0.15, 0.2) is 18.3 Å². The van der Waals surface area contributed by atoms with Gasteiger partial charge in [-0.2, -0.15) is 0 Å². The van der Waals surface area contributed by atoms with E-state index < -0.39 is 11.8 Å². The molecule has 2 heterocycles. The molecule has 1 fully saturated rings. The molecule has 1 aromatic rings. The van der Waals surface area contributed by atoms with E-state index in [0.717, 1.165) is 5.69 Å². The first-order chi connectivity index (χ1) is 10.9. The summed E-state index contributed by atoms with van der Waals surface area (Å²) in [4.78, 5) is 25.9. The van der Waals surface area contributed by atoms with Crippen molar-refractivity contribution >= 4 is 11.8 Å². The maximum Gasteiger partial charge on any atom is 0.249 e. The molecule has 2 aliphatic rings. The summed E-state index contributed by atoms with van der Waals surface area (Å²) in [6, 6.07) is 3.83. The average molecular weight is 325 g/mol. The van der Waals surface area contributed by atoms with Gasteiger partial charge in [0.25, 0.3) is 0 Å². The third-order valence-electron chi connectivity index (χ3n) is 4.71. The van der Waals surface area contributed by atoms with Gasteiger partial charge in [-0.1, -0.05) is 0 Å². The highest BCUT2D eigenvalue weighted by atomic mass is 19.3. The zero-order valence-electron chi connectivity index (χ0n) is 13.1. The summed E-state index contributed by atoms with van der Waals surface area (Å²) < 4.78 is 28.1. The van der Waals surface area contributed by atoms with E-state index in [9.17, 15) is 18.4 Å². The number of alkyl halides is 2. The quantitative estimate of drug-likeness (QED) is 0.918.